The van der Waals surface area contributed by atoms with Crippen molar-refractivity contribution in [3.8, 4) is 0 Å². The van der Waals surface area contributed by atoms with E-state index in [0.717, 1.165) is 6.54 Å². The number of hydrogen-bond acceptors (Lipinski definition) is 5. The molecule has 0 radical (unpaired) electrons. The first-order chi connectivity index (χ1) is 14.0. The molecule has 170 valence electrons. The summed E-state index contributed by atoms with van der Waals surface area (Å²) < 4.78 is 24.8. The number of amides is 1. The summed E-state index contributed by atoms with van der Waals surface area (Å²) in [5.41, 5.74) is 0.187. The van der Waals surface area contributed by atoms with Crippen LogP contribution in [0.3, 0.4) is 0 Å². The molecule has 1 N–H and O–H groups in total. The number of nitrogens with zero attached hydrogens (tertiary/aromatic N) is 2. The number of morpholine rings is 1. The van der Waals surface area contributed by atoms with Gasteiger partial charge in [-0.3, -0.25) is 9.69 Å². The number of halogens is 1. The number of benzene rings is 1. The number of β-amino-alcohol motifs (C(OH)–C–C–N with tert-alkyl or cyclic N) is 1. The minimum absolute atomic E-state index is 0.122. The van der Waals surface area contributed by atoms with Crippen molar-refractivity contribution >= 4 is 5.91 Å². The van der Waals surface area contributed by atoms with Gasteiger partial charge in [-0.05, 0) is 51.0 Å². The van der Waals surface area contributed by atoms with Gasteiger partial charge in [-0.25, -0.2) is 4.39 Å². The van der Waals surface area contributed by atoms with Crippen molar-refractivity contribution in [3.63, 3.8) is 0 Å². The maximum atomic E-state index is 13.2. The van der Waals surface area contributed by atoms with Crippen molar-refractivity contribution in [2.75, 3.05) is 45.9 Å². The van der Waals surface area contributed by atoms with Gasteiger partial charge in [0, 0.05) is 38.3 Å². The number of rotatable bonds is 9. The van der Waals surface area contributed by atoms with E-state index < -0.39 is 6.10 Å². The number of aliphatic hydroxyl groups excluding tert-OH is 1. The highest BCUT2D eigenvalue weighted by atomic mass is 19.1. The Kier molecular flexibility index (Phi) is 9.22. The maximum Gasteiger partial charge on any atom is 0.253 e. The van der Waals surface area contributed by atoms with E-state index in [4.69, 9.17) is 9.47 Å². The second-order valence-corrected chi connectivity index (χ2v) is 9.44. The standard InChI is InChI=1S/C23H37FN2O4/c1-17(2)12-26(22(28)18-6-8-19(24)9-7-18)15-21-14-25(10-11-29-21)13-20(27)16-30-23(3,4)5/h6-9,17,20-21,27H,10-16H2,1-5H3. The van der Waals surface area contributed by atoms with Crippen LogP contribution in [0.4, 0.5) is 4.39 Å². The van der Waals surface area contributed by atoms with Crippen LogP contribution in [0.5, 0.6) is 0 Å². The molecule has 2 unspecified atom stereocenters. The first kappa shape index (κ1) is 24.7. The lowest BCUT2D eigenvalue weighted by Crippen LogP contribution is -2.51. The molecule has 0 aliphatic carbocycles. The highest BCUT2D eigenvalue weighted by Gasteiger charge is 2.27. The molecule has 1 heterocycles. The average molecular weight is 425 g/mol. The molecular formula is C23H37FN2O4. The van der Waals surface area contributed by atoms with Crippen LogP contribution in [0.1, 0.15) is 45.0 Å². The first-order valence-corrected chi connectivity index (χ1v) is 10.7. The fourth-order valence-corrected chi connectivity index (χ4v) is 3.46. The lowest BCUT2D eigenvalue weighted by atomic mass is 10.1. The van der Waals surface area contributed by atoms with Crippen molar-refractivity contribution < 1.29 is 23.8 Å². The van der Waals surface area contributed by atoms with E-state index >= 15 is 0 Å². The number of hydrogen-bond donors (Lipinski definition) is 1. The van der Waals surface area contributed by atoms with Crippen LogP contribution in [0.25, 0.3) is 0 Å². The Bertz CT molecular complexity index is 660. The van der Waals surface area contributed by atoms with Gasteiger partial charge in [-0.1, -0.05) is 13.8 Å². The molecule has 1 aliphatic heterocycles. The van der Waals surface area contributed by atoms with E-state index in [9.17, 15) is 14.3 Å². The van der Waals surface area contributed by atoms with Crippen molar-refractivity contribution in [3.05, 3.63) is 35.6 Å². The van der Waals surface area contributed by atoms with E-state index in [1.54, 1.807) is 4.90 Å². The normalized spacial score (nSPS) is 19.1. The van der Waals surface area contributed by atoms with E-state index in [-0.39, 0.29) is 30.0 Å². The average Bonchev–Trinajstić information content (AvgIpc) is 2.65. The minimum Gasteiger partial charge on any atom is -0.389 e. The molecule has 30 heavy (non-hydrogen) atoms. The van der Waals surface area contributed by atoms with Gasteiger partial charge in [-0.2, -0.15) is 0 Å². The first-order valence-electron chi connectivity index (χ1n) is 10.7. The van der Waals surface area contributed by atoms with Crippen molar-refractivity contribution in [1.29, 1.82) is 0 Å². The molecule has 0 saturated carbocycles. The van der Waals surface area contributed by atoms with Crippen LogP contribution >= 0.6 is 0 Å². The number of aliphatic hydroxyl groups is 1. The van der Waals surface area contributed by atoms with Gasteiger partial charge >= 0.3 is 0 Å². The second kappa shape index (κ2) is 11.2. The molecule has 7 heteroatoms. The Morgan fingerprint density at radius 2 is 2.00 bits per heavy atom. The Hall–Kier alpha value is -1.54. The predicted octanol–water partition coefficient (Wildman–Crippen LogP) is 2.80. The molecule has 1 aliphatic rings. The van der Waals surface area contributed by atoms with Crippen LogP contribution < -0.4 is 0 Å². The zero-order chi connectivity index (χ0) is 22.3. The van der Waals surface area contributed by atoms with Crippen molar-refractivity contribution in [1.82, 2.24) is 9.80 Å². The van der Waals surface area contributed by atoms with Gasteiger partial charge < -0.3 is 19.5 Å². The van der Waals surface area contributed by atoms with Crippen LogP contribution in [0, 0.1) is 11.7 Å². The summed E-state index contributed by atoms with van der Waals surface area (Å²) in [7, 11) is 0. The lowest BCUT2D eigenvalue weighted by molar-refractivity contribution is -0.0783. The SMILES string of the molecule is CC(C)CN(CC1CN(CC(O)COC(C)(C)C)CCO1)C(=O)c1ccc(F)cc1. The fourth-order valence-electron chi connectivity index (χ4n) is 3.46. The van der Waals surface area contributed by atoms with Crippen LogP contribution in [-0.4, -0.2) is 84.6 Å². The highest BCUT2D eigenvalue weighted by molar-refractivity contribution is 5.94. The van der Waals surface area contributed by atoms with Crippen molar-refractivity contribution in [2.24, 2.45) is 5.92 Å². The van der Waals surface area contributed by atoms with E-state index in [0.29, 0.717) is 44.3 Å². The molecular weight excluding hydrogens is 387 g/mol. The summed E-state index contributed by atoms with van der Waals surface area (Å²) in [5.74, 6) is -0.185. The third kappa shape index (κ3) is 8.68. The quantitative estimate of drug-likeness (QED) is 0.661. The third-order valence-electron chi connectivity index (χ3n) is 4.79. The van der Waals surface area contributed by atoms with Crippen molar-refractivity contribution in [2.45, 2.75) is 52.4 Å². The Morgan fingerprint density at radius 3 is 2.60 bits per heavy atom. The summed E-state index contributed by atoms with van der Waals surface area (Å²) in [5, 5.41) is 10.3. The highest BCUT2D eigenvalue weighted by Crippen LogP contribution is 2.14. The number of carbonyl (C=O) groups is 1. The van der Waals surface area contributed by atoms with Gasteiger partial charge in [0.05, 0.1) is 31.0 Å². The molecule has 6 nitrogen and oxygen atoms in total. The zero-order valence-corrected chi connectivity index (χ0v) is 18.9. The molecule has 1 aromatic carbocycles. The van der Waals surface area contributed by atoms with Crippen LogP contribution in [0.15, 0.2) is 24.3 Å². The molecule has 0 bridgehead atoms. The topological polar surface area (TPSA) is 62.2 Å². The summed E-state index contributed by atoms with van der Waals surface area (Å²) in [4.78, 5) is 16.9. The fraction of sp³-hybridized carbons (Fsp3) is 0.696. The largest absolute Gasteiger partial charge is 0.389 e. The van der Waals surface area contributed by atoms with Crippen LogP contribution in [0.2, 0.25) is 0 Å². The van der Waals surface area contributed by atoms with Gasteiger partial charge in [0.15, 0.2) is 0 Å². The Balaban J connectivity index is 1.94. The predicted molar refractivity (Wildman–Crippen MR) is 115 cm³/mol. The monoisotopic (exact) mass is 424 g/mol. The molecule has 2 rings (SSSR count). The van der Waals surface area contributed by atoms with Crippen LogP contribution in [-0.2, 0) is 9.47 Å². The van der Waals surface area contributed by atoms with E-state index in [2.05, 4.69) is 18.7 Å². The summed E-state index contributed by atoms with van der Waals surface area (Å²) >= 11 is 0. The molecule has 1 fully saturated rings. The van der Waals surface area contributed by atoms with E-state index in [1.165, 1.54) is 24.3 Å². The lowest BCUT2D eigenvalue weighted by Gasteiger charge is -2.37. The minimum atomic E-state index is -0.574. The maximum absolute atomic E-state index is 13.2. The molecule has 1 aromatic rings. The smallest absolute Gasteiger partial charge is 0.253 e. The van der Waals surface area contributed by atoms with Gasteiger partial charge in [-0.15, -0.1) is 0 Å². The molecule has 0 spiro atoms. The summed E-state index contributed by atoms with van der Waals surface area (Å²) in [6, 6.07) is 5.65. The molecule has 1 saturated heterocycles. The second-order valence-electron chi connectivity index (χ2n) is 9.44. The van der Waals surface area contributed by atoms with Gasteiger partial charge in [0.2, 0.25) is 0 Å². The Labute approximate surface area is 179 Å². The Morgan fingerprint density at radius 1 is 1.33 bits per heavy atom. The number of carbonyl (C=O) groups excluding carboxylic acids is 1. The van der Waals surface area contributed by atoms with E-state index in [1.807, 2.05) is 20.8 Å². The molecule has 2 atom stereocenters. The summed E-state index contributed by atoms with van der Waals surface area (Å²) in [6.45, 7) is 13.8. The third-order valence-corrected chi connectivity index (χ3v) is 4.79. The molecule has 1 amide bonds. The van der Waals surface area contributed by atoms with Gasteiger partial charge in [0.25, 0.3) is 5.91 Å². The molecule has 0 aromatic heterocycles. The van der Waals surface area contributed by atoms with Gasteiger partial charge in [0.1, 0.15) is 5.82 Å². The zero-order valence-electron chi connectivity index (χ0n) is 18.9. The summed E-state index contributed by atoms with van der Waals surface area (Å²) in [6.07, 6.45) is -0.715. The number of ether oxygens (including phenoxy) is 2.